The lowest BCUT2D eigenvalue weighted by Gasteiger charge is -2.44. The van der Waals surface area contributed by atoms with Crippen LogP contribution < -0.4 is 28.4 Å². The zero-order valence-corrected chi connectivity index (χ0v) is 19.8. The molecule has 2 aromatic rings. The maximum atomic E-state index is 11.7. The molecule has 0 radical (unpaired) electrons. The maximum absolute atomic E-state index is 11.7. The molecule has 3 aliphatic heterocycles. The van der Waals surface area contributed by atoms with Crippen molar-refractivity contribution in [1.29, 1.82) is 0 Å². The van der Waals surface area contributed by atoms with Crippen molar-refractivity contribution < 1.29 is 38.0 Å². The zero-order chi connectivity index (χ0) is 23.8. The third-order valence-corrected chi connectivity index (χ3v) is 6.56. The van der Waals surface area contributed by atoms with Crippen molar-refractivity contribution in [3.63, 3.8) is 0 Å². The summed E-state index contributed by atoms with van der Waals surface area (Å²) in [5, 5.41) is 0. The van der Waals surface area contributed by atoms with Crippen LogP contribution in [0.3, 0.4) is 0 Å². The summed E-state index contributed by atoms with van der Waals surface area (Å²) in [6, 6.07) is 7.70. The molecule has 0 N–H and O–H groups in total. The average Bonchev–Trinajstić information content (AvgIpc) is 3.30. The fourth-order valence-electron chi connectivity index (χ4n) is 5.02. The average molecular weight is 472 g/mol. The summed E-state index contributed by atoms with van der Waals surface area (Å²) in [4.78, 5) is 14.0. The molecule has 0 bridgehead atoms. The fourth-order valence-corrected chi connectivity index (χ4v) is 5.02. The van der Waals surface area contributed by atoms with Gasteiger partial charge in [-0.05, 0) is 23.8 Å². The second-order valence-corrected chi connectivity index (χ2v) is 8.59. The van der Waals surface area contributed by atoms with Crippen LogP contribution in [-0.2, 0) is 9.53 Å². The standard InChI is InChI=1S/C25H29NO8/c1-14-23(16-9-21(28-3)24(33-15(2)27)22(10-16)29-4)17-11-19-20(32-13-31-19)12-18(17)34-25(14)26-5-7-30-8-6-26/h9-12,14,23,25H,5-8,13H2,1-4H3/t14-,23-,25+/m1/s1. The first-order valence-corrected chi connectivity index (χ1v) is 11.4. The second-order valence-electron chi connectivity index (χ2n) is 8.59. The number of hydrogen-bond acceptors (Lipinski definition) is 9. The van der Waals surface area contributed by atoms with E-state index in [1.165, 1.54) is 6.92 Å². The summed E-state index contributed by atoms with van der Waals surface area (Å²) in [7, 11) is 3.09. The summed E-state index contributed by atoms with van der Waals surface area (Å²) in [5.41, 5.74) is 1.95. The molecule has 9 heteroatoms. The van der Waals surface area contributed by atoms with Crippen molar-refractivity contribution in [3.05, 3.63) is 35.4 Å². The number of benzene rings is 2. The van der Waals surface area contributed by atoms with Crippen LogP contribution in [0.2, 0.25) is 0 Å². The molecule has 2 aromatic carbocycles. The zero-order valence-electron chi connectivity index (χ0n) is 19.8. The SMILES string of the molecule is COc1cc([C@@H]2c3cc4c(cc3O[C@H](N3CCOCC3)[C@@H]2C)OCO4)cc(OC)c1OC(C)=O. The normalized spacial score (nSPS) is 23.6. The van der Waals surface area contributed by atoms with E-state index in [4.69, 9.17) is 33.2 Å². The minimum atomic E-state index is -0.450. The first kappa shape index (κ1) is 22.6. The molecule has 5 rings (SSSR count). The van der Waals surface area contributed by atoms with Crippen LogP contribution in [0.25, 0.3) is 0 Å². The summed E-state index contributed by atoms with van der Waals surface area (Å²) in [5.74, 6) is 2.78. The highest BCUT2D eigenvalue weighted by molar-refractivity contribution is 5.72. The predicted octanol–water partition coefficient (Wildman–Crippen LogP) is 3.18. The number of ether oxygens (including phenoxy) is 7. The van der Waals surface area contributed by atoms with Crippen molar-refractivity contribution in [2.75, 3.05) is 47.3 Å². The summed E-state index contributed by atoms with van der Waals surface area (Å²) in [6.45, 7) is 6.63. The summed E-state index contributed by atoms with van der Waals surface area (Å²) < 4.78 is 40.0. The van der Waals surface area contributed by atoms with Crippen molar-refractivity contribution in [2.45, 2.75) is 26.0 Å². The summed E-state index contributed by atoms with van der Waals surface area (Å²) >= 11 is 0. The van der Waals surface area contributed by atoms with E-state index >= 15 is 0 Å². The lowest BCUT2D eigenvalue weighted by molar-refractivity contribution is -0.132. The first-order valence-electron chi connectivity index (χ1n) is 11.4. The molecule has 0 saturated carbocycles. The molecule has 0 aliphatic carbocycles. The highest BCUT2D eigenvalue weighted by Crippen LogP contribution is 2.52. The van der Waals surface area contributed by atoms with Gasteiger partial charge in [0.15, 0.2) is 29.2 Å². The van der Waals surface area contributed by atoms with E-state index < -0.39 is 5.97 Å². The summed E-state index contributed by atoms with van der Waals surface area (Å²) in [6.07, 6.45) is -0.160. The molecule has 0 unspecified atom stereocenters. The number of carbonyl (C=O) groups excluding carboxylic acids is 1. The quantitative estimate of drug-likeness (QED) is 0.482. The van der Waals surface area contributed by atoms with Crippen molar-refractivity contribution >= 4 is 5.97 Å². The molecular formula is C25H29NO8. The van der Waals surface area contributed by atoms with Gasteiger partial charge in [-0.25, -0.2) is 0 Å². The molecule has 0 aromatic heterocycles. The van der Waals surface area contributed by atoms with Gasteiger partial charge in [0, 0.05) is 43.5 Å². The van der Waals surface area contributed by atoms with Gasteiger partial charge in [0.1, 0.15) is 5.75 Å². The Morgan fingerprint density at radius 3 is 2.24 bits per heavy atom. The Balaban J connectivity index is 1.63. The molecule has 3 atom stereocenters. The third-order valence-electron chi connectivity index (χ3n) is 6.56. The fraction of sp³-hybridized carbons (Fsp3) is 0.480. The molecule has 3 heterocycles. The Labute approximate surface area is 198 Å². The lowest BCUT2D eigenvalue weighted by Crippen LogP contribution is -2.52. The molecule has 0 amide bonds. The number of hydrogen-bond donors (Lipinski definition) is 0. The predicted molar refractivity (Wildman–Crippen MR) is 121 cm³/mol. The van der Waals surface area contributed by atoms with Gasteiger partial charge in [-0.1, -0.05) is 6.92 Å². The van der Waals surface area contributed by atoms with Gasteiger partial charge in [0.05, 0.1) is 27.4 Å². The first-order chi connectivity index (χ1) is 16.5. The Morgan fingerprint density at radius 1 is 0.971 bits per heavy atom. The third kappa shape index (κ3) is 3.99. The van der Waals surface area contributed by atoms with Gasteiger partial charge in [0.2, 0.25) is 12.5 Å². The van der Waals surface area contributed by atoms with E-state index in [1.807, 2.05) is 24.3 Å². The molecule has 1 saturated heterocycles. The number of morpholine rings is 1. The van der Waals surface area contributed by atoms with Gasteiger partial charge in [-0.15, -0.1) is 0 Å². The highest BCUT2D eigenvalue weighted by Gasteiger charge is 2.42. The molecule has 9 nitrogen and oxygen atoms in total. The Kier molecular flexibility index (Phi) is 6.14. The van der Waals surface area contributed by atoms with Crippen LogP contribution in [0.15, 0.2) is 24.3 Å². The van der Waals surface area contributed by atoms with E-state index in [2.05, 4.69) is 11.8 Å². The van der Waals surface area contributed by atoms with Crippen molar-refractivity contribution in [2.24, 2.45) is 5.92 Å². The number of carbonyl (C=O) groups is 1. The minimum absolute atomic E-state index is 0.0692. The molecule has 3 aliphatic rings. The van der Waals surface area contributed by atoms with Crippen LogP contribution in [-0.4, -0.2) is 64.4 Å². The topological polar surface area (TPSA) is 84.9 Å². The van der Waals surface area contributed by atoms with E-state index in [1.54, 1.807) is 14.2 Å². The van der Waals surface area contributed by atoms with Crippen LogP contribution >= 0.6 is 0 Å². The van der Waals surface area contributed by atoms with Gasteiger partial charge in [0.25, 0.3) is 0 Å². The highest BCUT2D eigenvalue weighted by atomic mass is 16.7. The number of nitrogens with zero attached hydrogens (tertiary/aromatic N) is 1. The number of methoxy groups -OCH3 is 2. The molecule has 34 heavy (non-hydrogen) atoms. The largest absolute Gasteiger partial charge is 0.493 e. The van der Waals surface area contributed by atoms with E-state index in [0.29, 0.717) is 36.2 Å². The monoisotopic (exact) mass is 471 g/mol. The second kappa shape index (κ2) is 9.23. The Hall–Kier alpha value is -3.17. The van der Waals surface area contributed by atoms with Gasteiger partial charge in [-0.2, -0.15) is 0 Å². The van der Waals surface area contributed by atoms with Crippen LogP contribution in [0.5, 0.6) is 34.5 Å². The van der Waals surface area contributed by atoms with Crippen molar-refractivity contribution in [1.82, 2.24) is 4.90 Å². The van der Waals surface area contributed by atoms with Gasteiger partial charge >= 0.3 is 5.97 Å². The lowest BCUT2D eigenvalue weighted by atomic mass is 9.77. The van der Waals surface area contributed by atoms with Gasteiger partial charge in [-0.3, -0.25) is 9.69 Å². The van der Waals surface area contributed by atoms with Crippen LogP contribution in [0.4, 0.5) is 0 Å². The van der Waals surface area contributed by atoms with Gasteiger partial charge < -0.3 is 33.2 Å². The van der Waals surface area contributed by atoms with E-state index in [9.17, 15) is 4.79 Å². The number of esters is 1. The Morgan fingerprint density at radius 2 is 1.62 bits per heavy atom. The molecule has 0 spiro atoms. The molecule has 182 valence electrons. The van der Waals surface area contributed by atoms with E-state index in [0.717, 1.165) is 30.0 Å². The van der Waals surface area contributed by atoms with Crippen LogP contribution in [0, 0.1) is 5.92 Å². The van der Waals surface area contributed by atoms with Crippen LogP contribution in [0.1, 0.15) is 30.9 Å². The molecular weight excluding hydrogens is 442 g/mol. The van der Waals surface area contributed by atoms with Crippen molar-refractivity contribution in [3.8, 4) is 34.5 Å². The molecule has 1 fully saturated rings. The van der Waals surface area contributed by atoms with E-state index in [-0.39, 0.29) is 30.6 Å². The minimum Gasteiger partial charge on any atom is -0.493 e. The smallest absolute Gasteiger partial charge is 0.308 e. The number of fused-ring (bicyclic) bond motifs is 2. The number of rotatable bonds is 5. The Bertz CT molecular complexity index is 1060. The maximum Gasteiger partial charge on any atom is 0.308 e.